The molecule has 3 aliphatic rings. The zero-order valence-corrected chi connectivity index (χ0v) is 17.2. The largest absolute Gasteiger partial charge is 0.308 e. The highest BCUT2D eigenvalue weighted by Crippen LogP contribution is 2.54. The molecule has 3 rings (SSSR count). The second kappa shape index (κ2) is 7.83. The lowest BCUT2D eigenvalue weighted by molar-refractivity contribution is 0.217. The molecule has 0 aromatic carbocycles. The van der Waals surface area contributed by atoms with Crippen LogP contribution in [-0.4, -0.2) is 81.1 Å². The van der Waals surface area contributed by atoms with Crippen molar-refractivity contribution in [1.29, 1.82) is 0 Å². The number of likely N-dealkylation sites (tertiary alicyclic amines) is 1. The molecule has 2 bridgehead atoms. The second-order valence-corrected chi connectivity index (χ2v) is 11.0. The van der Waals surface area contributed by atoms with Gasteiger partial charge < -0.3 is 4.90 Å². The Kier molecular flexibility index (Phi) is 6.13. The van der Waals surface area contributed by atoms with Crippen LogP contribution in [0.1, 0.15) is 51.9 Å². The smallest absolute Gasteiger partial charge is 0.214 e. The summed E-state index contributed by atoms with van der Waals surface area (Å²) in [5.74, 6) is 1.19. The van der Waals surface area contributed by atoms with Gasteiger partial charge in [0.1, 0.15) is 0 Å². The lowest BCUT2D eigenvalue weighted by atomic mass is 9.87. The number of hydrogen-bond donors (Lipinski definition) is 0. The number of fused-ring (bicyclic) bond motifs is 2. The van der Waals surface area contributed by atoms with Crippen LogP contribution in [0.15, 0.2) is 0 Å². The summed E-state index contributed by atoms with van der Waals surface area (Å²) in [6, 6.07) is 0.402. The van der Waals surface area contributed by atoms with Crippen molar-refractivity contribution >= 4 is 10.0 Å². The van der Waals surface area contributed by atoms with E-state index in [0.717, 1.165) is 51.2 Å². The molecule has 1 atom stereocenters. The van der Waals surface area contributed by atoms with E-state index in [1.807, 2.05) is 18.4 Å². The first-order valence-electron chi connectivity index (χ1n) is 10.2. The van der Waals surface area contributed by atoms with Crippen LogP contribution in [0.3, 0.4) is 0 Å². The summed E-state index contributed by atoms with van der Waals surface area (Å²) in [7, 11) is 0.863. The molecule has 146 valence electrons. The Morgan fingerprint density at radius 1 is 1.12 bits per heavy atom. The predicted molar refractivity (Wildman–Crippen MR) is 103 cm³/mol. The molecule has 0 spiro atoms. The fourth-order valence-electron chi connectivity index (χ4n) is 5.40. The van der Waals surface area contributed by atoms with Crippen LogP contribution in [0.25, 0.3) is 0 Å². The Morgan fingerprint density at radius 3 is 2.40 bits per heavy atom. The van der Waals surface area contributed by atoms with Gasteiger partial charge in [0, 0.05) is 25.7 Å². The van der Waals surface area contributed by atoms with Gasteiger partial charge in [0.15, 0.2) is 0 Å². The maximum atomic E-state index is 13.4. The molecular formula is C19H37N3O2S. The third kappa shape index (κ3) is 4.57. The van der Waals surface area contributed by atoms with Gasteiger partial charge in [-0.05, 0) is 83.5 Å². The maximum absolute atomic E-state index is 13.4. The number of rotatable bonds is 9. The summed E-state index contributed by atoms with van der Waals surface area (Å²) in [6.45, 7) is 6.44. The normalized spacial score (nSPS) is 33.2. The molecule has 2 aliphatic carbocycles. The van der Waals surface area contributed by atoms with Crippen LogP contribution in [0, 0.1) is 11.3 Å². The van der Waals surface area contributed by atoms with Crippen LogP contribution >= 0.6 is 0 Å². The molecule has 0 aromatic rings. The molecule has 1 aliphatic heterocycles. The second-order valence-electron chi connectivity index (χ2n) is 8.99. The Labute approximate surface area is 154 Å². The van der Waals surface area contributed by atoms with Crippen molar-refractivity contribution in [3.8, 4) is 0 Å². The van der Waals surface area contributed by atoms with E-state index in [4.69, 9.17) is 0 Å². The van der Waals surface area contributed by atoms with Gasteiger partial charge in [0.2, 0.25) is 10.0 Å². The Morgan fingerprint density at radius 2 is 1.84 bits per heavy atom. The highest BCUT2D eigenvalue weighted by molar-refractivity contribution is 7.89. The summed E-state index contributed by atoms with van der Waals surface area (Å²) in [5, 5.41) is 0. The van der Waals surface area contributed by atoms with Crippen LogP contribution in [-0.2, 0) is 10.0 Å². The van der Waals surface area contributed by atoms with Crippen molar-refractivity contribution in [2.75, 3.05) is 52.6 Å². The zero-order valence-electron chi connectivity index (χ0n) is 16.4. The molecule has 1 unspecified atom stereocenters. The van der Waals surface area contributed by atoms with Crippen molar-refractivity contribution in [1.82, 2.24) is 14.1 Å². The van der Waals surface area contributed by atoms with Crippen molar-refractivity contribution in [3.63, 3.8) is 0 Å². The minimum atomic E-state index is -3.18. The lowest BCUT2D eigenvalue weighted by Crippen LogP contribution is -2.47. The molecule has 1 heterocycles. The third-order valence-corrected chi connectivity index (χ3v) is 8.98. The number of nitrogens with zero attached hydrogens (tertiary/aromatic N) is 3. The van der Waals surface area contributed by atoms with E-state index in [1.54, 1.807) is 0 Å². The maximum Gasteiger partial charge on any atom is 0.214 e. The zero-order chi connectivity index (χ0) is 18.1. The van der Waals surface area contributed by atoms with Crippen LogP contribution in [0.4, 0.5) is 0 Å². The molecule has 3 fully saturated rings. The highest BCUT2D eigenvalue weighted by Gasteiger charge is 2.48. The van der Waals surface area contributed by atoms with E-state index in [2.05, 4.69) is 16.7 Å². The fraction of sp³-hybridized carbons (Fsp3) is 1.00. The highest BCUT2D eigenvalue weighted by atomic mass is 32.2. The van der Waals surface area contributed by atoms with Gasteiger partial charge in [-0.2, -0.15) is 4.31 Å². The summed E-state index contributed by atoms with van der Waals surface area (Å²) in [6.07, 6.45) is 8.24. The van der Waals surface area contributed by atoms with Gasteiger partial charge in [0.05, 0.1) is 5.75 Å². The molecule has 0 radical (unpaired) electrons. The quantitative estimate of drug-likeness (QED) is 0.623. The average molecular weight is 372 g/mol. The van der Waals surface area contributed by atoms with Gasteiger partial charge in [-0.3, -0.25) is 4.90 Å². The summed E-state index contributed by atoms with van der Waals surface area (Å²) < 4.78 is 28.5. The molecule has 2 saturated carbocycles. The van der Waals surface area contributed by atoms with Crippen LogP contribution in [0.2, 0.25) is 0 Å². The van der Waals surface area contributed by atoms with Gasteiger partial charge >= 0.3 is 0 Å². The molecule has 0 amide bonds. The van der Waals surface area contributed by atoms with E-state index >= 15 is 0 Å². The molecule has 5 nitrogen and oxygen atoms in total. The Hall–Kier alpha value is -0.170. The van der Waals surface area contributed by atoms with Crippen molar-refractivity contribution in [2.24, 2.45) is 11.3 Å². The topological polar surface area (TPSA) is 43.9 Å². The SMILES string of the molecule is CCN1CCCC1CN(CCN(C)C)S(=O)(=O)CC12CCC(CC1)C2. The van der Waals surface area contributed by atoms with E-state index in [0.29, 0.717) is 24.9 Å². The van der Waals surface area contributed by atoms with Crippen molar-refractivity contribution < 1.29 is 8.42 Å². The van der Waals surface area contributed by atoms with Gasteiger partial charge in [-0.1, -0.05) is 6.92 Å². The average Bonchev–Trinajstić information content (AvgIpc) is 3.25. The Balaban J connectivity index is 1.70. The van der Waals surface area contributed by atoms with Gasteiger partial charge in [-0.15, -0.1) is 0 Å². The van der Waals surface area contributed by atoms with Gasteiger partial charge in [-0.25, -0.2) is 8.42 Å². The van der Waals surface area contributed by atoms with Crippen LogP contribution < -0.4 is 0 Å². The van der Waals surface area contributed by atoms with E-state index in [-0.39, 0.29) is 5.41 Å². The molecule has 1 saturated heterocycles. The first-order chi connectivity index (χ1) is 11.8. The lowest BCUT2D eigenvalue weighted by Gasteiger charge is -2.34. The fourth-order valence-corrected chi connectivity index (χ4v) is 7.52. The molecule has 0 aromatic heterocycles. The number of sulfonamides is 1. The number of hydrogen-bond acceptors (Lipinski definition) is 4. The summed E-state index contributed by atoms with van der Waals surface area (Å²) >= 11 is 0. The van der Waals surface area contributed by atoms with Gasteiger partial charge in [0.25, 0.3) is 0 Å². The third-order valence-electron chi connectivity index (χ3n) is 6.89. The summed E-state index contributed by atoms with van der Waals surface area (Å²) in [4.78, 5) is 4.55. The monoisotopic (exact) mass is 371 g/mol. The standard InChI is InChI=1S/C19H37N3O2S/c1-4-21-11-5-6-18(21)15-22(13-12-20(2)3)25(23,24)16-19-9-7-17(14-19)8-10-19/h17-18H,4-16H2,1-3H3. The molecule has 0 N–H and O–H groups in total. The minimum absolute atomic E-state index is 0.0972. The first-order valence-corrected chi connectivity index (χ1v) is 11.8. The van der Waals surface area contributed by atoms with Crippen molar-refractivity contribution in [3.05, 3.63) is 0 Å². The van der Waals surface area contributed by atoms with Crippen molar-refractivity contribution in [2.45, 2.75) is 57.9 Å². The van der Waals surface area contributed by atoms with Crippen LogP contribution in [0.5, 0.6) is 0 Å². The molecule has 6 heteroatoms. The Bertz CT molecular complexity index is 541. The summed E-state index contributed by atoms with van der Waals surface area (Å²) in [5.41, 5.74) is 0.0972. The predicted octanol–water partition coefficient (Wildman–Crippen LogP) is 2.24. The molecular weight excluding hydrogens is 334 g/mol. The van der Waals surface area contributed by atoms with E-state index in [1.165, 1.54) is 19.3 Å². The van der Waals surface area contributed by atoms with E-state index in [9.17, 15) is 8.42 Å². The van der Waals surface area contributed by atoms with E-state index < -0.39 is 10.0 Å². The number of likely N-dealkylation sites (N-methyl/N-ethyl adjacent to an activating group) is 2. The minimum Gasteiger partial charge on any atom is -0.308 e. The molecule has 25 heavy (non-hydrogen) atoms. The first kappa shape index (κ1) is 19.6.